The summed E-state index contributed by atoms with van der Waals surface area (Å²) in [5.41, 5.74) is -0.406. The van der Waals surface area contributed by atoms with Crippen molar-refractivity contribution in [3.63, 3.8) is 0 Å². The van der Waals surface area contributed by atoms with Crippen LogP contribution in [-0.2, 0) is 9.59 Å². The number of fused-ring (bicyclic) bond motifs is 3. The van der Waals surface area contributed by atoms with Crippen molar-refractivity contribution in [1.29, 1.82) is 0 Å². The molecule has 3 aliphatic rings. The predicted molar refractivity (Wildman–Crippen MR) is 96.0 cm³/mol. The van der Waals surface area contributed by atoms with Crippen molar-refractivity contribution in [2.45, 2.75) is 66.2 Å². The number of rotatable bonds is 2. The van der Waals surface area contributed by atoms with Crippen LogP contribution in [0.4, 0.5) is 0 Å². The largest absolute Gasteiger partial charge is 0.478 e. The molecule has 0 radical (unpaired) electrons. The van der Waals surface area contributed by atoms with Gasteiger partial charge in [0.15, 0.2) is 0 Å². The number of Topliss-reactive ketones (excluding diaryl/α,β-unsaturated/α-hetero) is 1. The van der Waals surface area contributed by atoms with Crippen LogP contribution in [-0.4, -0.2) is 28.6 Å². The molecule has 25 heavy (non-hydrogen) atoms. The molecule has 0 aromatic heterocycles. The molecule has 0 aromatic rings. The normalized spacial score (nSPS) is 43.5. The van der Waals surface area contributed by atoms with Crippen molar-refractivity contribution in [2.24, 2.45) is 34.0 Å². The van der Waals surface area contributed by atoms with Gasteiger partial charge in [0, 0.05) is 12.0 Å². The lowest BCUT2D eigenvalue weighted by molar-refractivity contribution is -0.180. The fourth-order valence-corrected chi connectivity index (χ4v) is 6.65. The topological polar surface area (TPSA) is 74.6 Å². The van der Waals surface area contributed by atoms with Crippen LogP contribution in [0.3, 0.4) is 0 Å². The van der Waals surface area contributed by atoms with Gasteiger partial charge >= 0.3 is 5.97 Å². The van der Waals surface area contributed by atoms with E-state index in [0.29, 0.717) is 24.7 Å². The molecule has 0 aliphatic heterocycles. The average molecular weight is 348 g/mol. The van der Waals surface area contributed by atoms with E-state index >= 15 is 0 Å². The summed E-state index contributed by atoms with van der Waals surface area (Å²) in [4.78, 5) is 24.6. The standard InChI is InChI=1S/C21H32O4/c1-13-7-9-19(2,3)15-8-10-21(12-22)16(20(13,15)4)6-5-14(18(24)25)11-17(21)23/h5,13,15-16,22H,6-12H2,1-4H3,(H,24,25)/t13?,15?,16-,20+,21+/m1/s1. The zero-order valence-corrected chi connectivity index (χ0v) is 16.0. The summed E-state index contributed by atoms with van der Waals surface area (Å²) in [6.07, 6.45) is 6.25. The molecule has 4 heteroatoms. The van der Waals surface area contributed by atoms with Gasteiger partial charge in [0.1, 0.15) is 5.78 Å². The van der Waals surface area contributed by atoms with Gasteiger partial charge in [-0.3, -0.25) is 4.79 Å². The van der Waals surface area contributed by atoms with Crippen molar-refractivity contribution in [1.82, 2.24) is 0 Å². The Bertz CT molecular complexity index is 619. The van der Waals surface area contributed by atoms with Crippen LogP contribution >= 0.6 is 0 Å². The van der Waals surface area contributed by atoms with Gasteiger partial charge in [-0.05, 0) is 60.7 Å². The van der Waals surface area contributed by atoms with Crippen molar-refractivity contribution >= 4 is 11.8 Å². The summed E-state index contributed by atoms with van der Waals surface area (Å²) in [6.45, 7) is 9.11. The quantitative estimate of drug-likeness (QED) is 0.795. The van der Waals surface area contributed by atoms with Crippen molar-refractivity contribution in [3.05, 3.63) is 11.6 Å². The number of hydrogen-bond donors (Lipinski definition) is 2. The van der Waals surface area contributed by atoms with Crippen LogP contribution in [0.5, 0.6) is 0 Å². The van der Waals surface area contributed by atoms with E-state index in [4.69, 9.17) is 0 Å². The minimum Gasteiger partial charge on any atom is -0.478 e. The summed E-state index contributed by atoms with van der Waals surface area (Å²) < 4.78 is 0. The number of hydrogen-bond acceptors (Lipinski definition) is 3. The first-order chi connectivity index (χ1) is 11.6. The van der Waals surface area contributed by atoms with E-state index < -0.39 is 11.4 Å². The molecule has 0 amide bonds. The number of aliphatic hydroxyl groups is 1. The molecule has 2 saturated carbocycles. The maximum absolute atomic E-state index is 13.1. The molecule has 5 atom stereocenters. The average Bonchev–Trinajstić information content (AvgIpc) is 2.70. The number of aliphatic carboxylic acids is 1. The number of carboxylic acid groups (broad SMARTS) is 1. The third-order valence-electron chi connectivity index (χ3n) is 8.34. The molecular formula is C21H32O4. The summed E-state index contributed by atoms with van der Waals surface area (Å²) in [7, 11) is 0. The smallest absolute Gasteiger partial charge is 0.331 e. The maximum Gasteiger partial charge on any atom is 0.331 e. The maximum atomic E-state index is 13.1. The minimum atomic E-state index is -1.00. The van der Waals surface area contributed by atoms with E-state index in [2.05, 4.69) is 27.7 Å². The first-order valence-electron chi connectivity index (χ1n) is 9.66. The molecule has 0 saturated heterocycles. The highest BCUT2D eigenvalue weighted by Crippen LogP contribution is 2.67. The zero-order valence-electron chi connectivity index (χ0n) is 16.0. The molecule has 0 spiro atoms. The number of carboxylic acids is 1. The van der Waals surface area contributed by atoms with E-state index in [0.717, 1.165) is 12.8 Å². The SMILES string of the molecule is CC1CCC(C)(C)C2CC[C@@]3(CO)C(=O)CC(C(=O)O)=CC[C@@H]3[C@@]12C. The Morgan fingerprint density at radius 3 is 2.48 bits per heavy atom. The van der Waals surface area contributed by atoms with Crippen molar-refractivity contribution in [2.75, 3.05) is 6.61 Å². The van der Waals surface area contributed by atoms with Gasteiger partial charge < -0.3 is 10.2 Å². The molecular weight excluding hydrogens is 316 g/mol. The van der Waals surface area contributed by atoms with Crippen molar-refractivity contribution < 1.29 is 19.8 Å². The number of aliphatic hydroxyl groups excluding tert-OH is 1. The number of allylic oxidation sites excluding steroid dienone is 1. The molecule has 0 bridgehead atoms. The lowest BCUT2D eigenvalue weighted by atomic mass is 9.40. The van der Waals surface area contributed by atoms with E-state index in [9.17, 15) is 19.8 Å². The summed E-state index contributed by atoms with van der Waals surface area (Å²) in [6, 6.07) is 0. The summed E-state index contributed by atoms with van der Waals surface area (Å²) >= 11 is 0. The Kier molecular flexibility index (Phi) is 4.42. The van der Waals surface area contributed by atoms with Crippen LogP contribution in [0, 0.1) is 34.0 Å². The van der Waals surface area contributed by atoms with Crippen LogP contribution in [0.2, 0.25) is 0 Å². The molecule has 3 rings (SSSR count). The second-order valence-corrected chi connectivity index (χ2v) is 9.62. The van der Waals surface area contributed by atoms with E-state index in [1.165, 1.54) is 6.42 Å². The highest BCUT2D eigenvalue weighted by molar-refractivity contribution is 5.97. The molecule has 3 aliphatic carbocycles. The molecule has 2 N–H and O–H groups in total. The second kappa shape index (κ2) is 5.94. The molecule has 140 valence electrons. The van der Waals surface area contributed by atoms with Crippen LogP contribution in [0.1, 0.15) is 66.2 Å². The first kappa shape index (κ1) is 18.6. The minimum absolute atomic E-state index is 0.0164. The van der Waals surface area contributed by atoms with Gasteiger partial charge in [-0.1, -0.05) is 33.8 Å². The molecule has 0 aromatic carbocycles. The third-order valence-corrected chi connectivity index (χ3v) is 8.34. The summed E-state index contributed by atoms with van der Waals surface area (Å²) in [5, 5.41) is 19.7. The Morgan fingerprint density at radius 2 is 1.88 bits per heavy atom. The van der Waals surface area contributed by atoms with Gasteiger partial charge in [0.05, 0.1) is 12.0 Å². The van der Waals surface area contributed by atoms with Crippen LogP contribution in [0.25, 0.3) is 0 Å². The monoisotopic (exact) mass is 348 g/mol. The zero-order chi connectivity index (χ0) is 18.6. The van der Waals surface area contributed by atoms with Gasteiger partial charge in [-0.25, -0.2) is 4.79 Å². The Morgan fingerprint density at radius 1 is 1.20 bits per heavy atom. The lowest BCUT2D eigenvalue weighted by Crippen LogP contribution is -2.61. The van der Waals surface area contributed by atoms with Crippen LogP contribution < -0.4 is 0 Å². The van der Waals surface area contributed by atoms with Gasteiger partial charge in [0.2, 0.25) is 0 Å². The molecule has 4 nitrogen and oxygen atoms in total. The predicted octanol–water partition coefficient (Wildman–Crippen LogP) is 3.83. The van der Waals surface area contributed by atoms with Gasteiger partial charge in [-0.15, -0.1) is 0 Å². The lowest BCUT2D eigenvalue weighted by Gasteiger charge is -2.64. The van der Waals surface area contributed by atoms with E-state index in [-0.39, 0.29) is 41.1 Å². The molecule has 0 heterocycles. The fraction of sp³-hybridized carbons (Fsp3) is 0.810. The third kappa shape index (κ3) is 2.51. The highest BCUT2D eigenvalue weighted by Gasteiger charge is 2.63. The Labute approximate surface area is 150 Å². The van der Waals surface area contributed by atoms with Crippen molar-refractivity contribution in [3.8, 4) is 0 Å². The fourth-order valence-electron chi connectivity index (χ4n) is 6.65. The number of carbonyl (C=O) groups is 2. The van der Waals surface area contributed by atoms with Crippen LogP contribution in [0.15, 0.2) is 11.6 Å². The second-order valence-electron chi connectivity index (χ2n) is 9.62. The Balaban J connectivity index is 2.13. The Hall–Kier alpha value is -1.16. The molecule has 2 unspecified atom stereocenters. The van der Waals surface area contributed by atoms with Gasteiger partial charge in [0.25, 0.3) is 0 Å². The number of ketones is 1. The number of carbonyl (C=O) groups excluding carboxylic acids is 1. The van der Waals surface area contributed by atoms with E-state index in [1.807, 2.05) is 0 Å². The first-order valence-corrected chi connectivity index (χ1v) is 9.66. The molecule has 2 fully saturated rings. The summed E-state index contributed by atoms with van der Waals surface area (Å²) in [5.74, 6) is -0.0850. The highest BCUT2D eigenvalue weighted by atomic mass is 16.4. The van der Waals surface area contributed by atoms with E-state index in [1.54, 1.807) is 6.08 Å². The van der Waals surface area contributed by atoms with Gasteiger partial charge in [-0.2, -0.15) is 0 Å².